The standard InChI is InChI=1S/C15H20N2O/c1-2-15(18)16-11-13-7-6-10-17(12-13)14-8-4-3-5-9-14/h2-5,8-9,13H,1,6-7,10-12H2,(H,16,18). The van der Waals surface area contributed by atoms with Gasteiger partial charge in [-0.05, 0) is 37.0 Å². The number of hydrogen-bond donors (Lipinski definition) is 1. The van der Waals surface area contributed by atoms with E-state index < -0.39 is 0 Å². The van der Waals surface area contributed by atoms with E-state index in [0.717, 1.165) is 19.6 Å². The smallest absolute Gasteiger partial charge is 0.243 e. The highest BCUT2D eigenvalue weighted by molar-refractivity contribution is 5.86. The van der Waals surface area contributed by atoms with Crippen LogP contribution in [0.15, 0.2) is 43.0 Å². The molecule has 1 unspecified atom stereocenters. The summed E-state index contributed by atoms with van der Waals surface area (Å²) in [6.07, 6.45) is 3.70. The van der Waals surface area contributed by atoms with Gasteiger partial charge in [0.25, 0.3) is 0 Å². The van der Waals surface area contributed by atoms with Crippen molar-refractivity contribution < 1.29 is 4.79 Å². The van der Waals surface area contributed by atoms with Crippen LogP contribution in [0, 0.1) is 5.92 Å². The second-order valence-corrected chi connectivity index (χ2v) is 4.74. The molecule has 1 saturated heterocycles. The Morgan fingerprint density at radius 2 is 2.22 bits per heavy atom. The molecule has 3 heteroatoms. The molecule has 1 aliphatic heterocycles. The van der Waals surface area contributed by atoms with Crippen molar-refractivity contribution in [1.29, 1.82) is 0 Å². The largest absolute Gasteiger partial charge is 0.371 e. The monoisotopic (exact) mass is 244 g/mol. The van der Waals surface area contributed by atoms with Gasteiger partial charge in [-0.2, -0.15) is 0 Å². The summed E-state index contributed by atoms with van der Waals surface area (Å²) in [4.78, 5) is 13.6. The number of nitrogens with zero attached hydrogens (tertiary/aromatic N) is 1. The summed E-state index contributed by atoms with van der Waals surface area (Å²) in [6, 6.07) is 10.5. The van der Waals surface area contributed by atoms with Gasteiger partial charge in [-0.15, -0.1) is 0 Å². The zero-order valence-corrected chi connectivity index (χ0v) is 10.6. The average Bonchev–Trinajstić information content (AvgIpc) is 2.46. The van der Waals surface area contributed by atoms with E-state index >= 15 is 0 Å². The van der Waals surface area contributed by atoms with E-state index in [1.54, 1.807) is 0 Å². The number of para-hydroxylation sites is 1. The second-order valence-electron chi connectivity index (χ2n) is 4.74. The summed E-state index contributed by atoms with van der Waals surface area (Å²) in [7, 11) is 0. The van der Waals surface area contributed by atoms with Gasteiger partial charge < -0.3 is 10.2 Å². The molecule has 0 saturated carbocycles. The summed E-state index contributed by atoms with van der Waals surface area (Å²) < 4.78 is 0. The topological polar surface area (TPSA) is 32.3 Å². The molecule has 18 heavy (non-hydrogen) atoms. The zero-order valence-electron chi connectivity index (χ0n) is 10.6. The molecule has 1 heterocycles. The molecule has 1 aromatic rings. The third-order valence-electron chi connectivity index (χ3n) is 3.39. The number of carbonyl (C=O) groups is 1. The Hall–Kier alpha value is -1.77. The lowest BCUT2D eigenvalue weighted by molar-refractivity contribution is -0.116. The molecule has 1 atom stereocenters. The predicted octanol–water partition coefficient (Wildman–Crippen LogP) is 2.21. The Balaban J connectivity index is 1.89. The number of anilines is 1. The van der Waals surface area contributed by atoms with Gasteiger partial charge in [0.1, 0.15) is 0 Å². The molecule has 1 aromatic carbocycles. The molecule has 0 bridgehead atoms. The molecule has 1 aliphatic rings. The fourth-order valence-electron chi connectivity index (χ4n) is 2.42. The number of carbonyl (C=O) groups excluding carboxylic acids is 1. The van der Waals surface area contributed by atoms with Crippen LogP contribution in [0.4, 0.5) is 5.69 Å². The third-order valence-corrected chi connectivity index (χ3v) is 3.39. The molecule has 1 N–H and O–H groups in total. The Kier molecular flexibility index (Phi) is 4.40. The van der Waals surface area contributed by atoms with Crippen molar-refractivity contribution in [1.82, 2.24) is 5.32 Å². The molecule has 3 nitrogen and oxygen atoms in total. The first-order chi connectivity index (χ1) is 8.79. The maximum absolute atomic E-state index is 11.2. The first-order valence-corrected chi connectivity index (χ1v) is 6.50. The first kappa shape index (κ1) is 12.7. The van der Waals surface area contributed by atoms with Gasteiger partial charge >= 0.3 is 0 Å². The normalized spacial score (nSPS) is 19.3. The van der Waals surface area contributed by atoms with E-state index in [9.17, 15) is 4.79 Å². The molecule has 0 aromatic heterocycles. The summed E-state index contributed by atoms with van der Waals surface area (Å²) in [5.74, 6) is 0.453. The molecule has 96 valence electrons. The molecule has 1 amide bonds. The fourth-order valence-corrected chi connectivity index (χ4v) is 2.42. The quantitative estimate of drug-likeness (QED) is 0.824. The second kappa shape index (κ2) is 6.24. The Morgan fingerprint density at radius 1 is 1.44 bits per heavy atom. The van der Waals surface area contributed by atoms with Gasteiger partial charge in [-0.3, -0.25) is 4.79 Å². The van der Waals surface area contributed by atoms with Crippen molar-refractivity contribution in [3.05, 3.63) is 43.0 Å². The molecule has 2 rings (SSSR count). The lowest BCUT2D eigenvalue weighted by atomic mass is 9.97. The van der Waals surface area contributed by atoms with E-state index in [-0.39, 0.29) is 5.91 Å². The average molecular weight is 244 g/mol. The number of hydrogen-bond acceptors (Lipinski definition) is 2. The van der Waals surface area contributed by atoms with E-state index in [2.05, 4.69) is 41.1 Å². The minimum atomic E-state index is -0.0770. The lowest BCUT2D eigenvalue weighted by Crippen LogP contribution is -2.40. The molecule has 0 radical (unpaired) electrons. The van der Waals surface area contributed by atoms with E-state index in [0.29, 0.717) is 5.92 Å². The van der Waals surface area contributed by atoms with Crippen LogP contribution in [0.2, 0.25) is 0 Å². The van der Waals surface area contributed by atoms with Crippen LogP contribution < -0.4 is 10.2 Å². The van der Waals surface area contributed by atoms with Crippen molar-refractivity contribution in [2.75, 3.05) is 24.5 Å². The highest BCUT2D eigenvalue weighted by Gasteiger charge is 2.20. The highest BCUT2D eigenvalue weighted by atomic mass is 16.1. The van der Waals surface area contributed by atoms with Crippen LogP contribution in [0.25, 0.3) is 0 Å². The van der Waals surface area contributed by atoms with Gasteiger partial charge in [-0.1, -0.05) is 24.8 Å². The Bertz CT molecular complexity index is 402. The SMILES string of the molecule is C=CC(=O)NCC1CCCN(c2ccccc2)C1. The first-order valence-electron chi connectivity index (χ1n) is 6.50. The molecule has 1 fully saturated rings. The van der Waals surface area contributed by atoms with Crippen LogP contribution in [0.5, 0.6) is 0 Å². The van der Waals surface area contributed by atoms with Crippen LogP contribution in [-0.4, -0.2) is 25.5 Å². The van der Waals surface area contributed by atoms with Crippen LogP contribution in [0.1, 0.15) is 12.8 Å². The number of nitrogens with one attached hydrogen (secondary N) is 1. The van der Waals surface area contributed by atoms with Gasteiger partial charge in [0.15, 0.2) is 0 Å². The van der Waals surface area contributed by atoms with Crippen molar-refractivity contribution in [2.45, 2.75) is 12.8 Å². The van der Waals surface area contributed by atoms with Crippen LogP contribution in [-0.2, 0) is 4.79 Å². The van der Waals surface area contributed by atoms with E-state index in [1.807, 2.05) is 6.07 Å². The lowest BCUT2D eigenvalue weighted by Gasteiger charge is -2.34. The maximum atomic E-state index is 11.2. The van der Waals surface area contributed by atoms with Gasteiger partial charge in [0.05, 0.1) is 0 Å². The van der Waals surface area contributed by atoms with Crippen molar-refractivity contribution >= 4 is 11.6 Å². The molecular weight excluding hydrogens is 224 g/mol. The van der Waals surface area contributed by atoms with Gasteiger partial charge in [0, 0.05) is 25.3 Å². The van der Waals surface area contributed by atoms with Crippen molar-refractivity contribution in [3.63, 3.8) is 0 Å². The van der Waals surface area contributed by atoms with E-state index in [4.69, 9.17) is 0 Å². The zero-order chi connectivity index (χ0) is 12.8. The number of amides is 1. The summed E-state index contributed by atoms with van der Waals surface area (Å²) in [6.45, 7) is 6.33. The van der Waals surface area contributed by atoms with Crippen molar-refractivity contribution in [2.24, 2.45) is 5.92 Å². The number of piperidine rings is 1. The van der Waals surface area contributed by atoms with Crippen molar-refractivity contribution in [3.8, 4) is 0 Å². The van der Waals surface area contributed by atoms with Gasteiger partial charge in [-0.25, -0.2) is 0 Å². The van der Waals surface area contributed by atoms with Crippen LogP contribution in [0.3, 0.4) is 0 Å². The summed E-state index contributed by atoms with van der Waals surface area (Å²) >= 11 is 0. The summed E-state index contributed by atoms with van der Waals surface area (Å²) in [5, 5.41) is 2.89. The fraction of sp³-hybridized carbons (Fsp3) is 0.400. The minimum Gasteiger partial charge on any atom is -0.371 e. The third kappa shape index (κ3) is 3.36. The number of benzene rings is 1. The maximum Gasteiger partial charge on any atom is 0.243 e. The van der Waals surface area contributed by atoms with E-state index in [1.165, 1.54) is 24.6 Å². The Labute approximate surface area is 108 Å². The molecular formula is C15H20N2O. The predicted molar refractivity (Wildman–Crippen MR) is 74.6 cm³/mol. The summed E-state index contributed by atoms with van der Waals surface area (Å²) in [5.41, 5.74) is 1.28. The molecule has 0 aliphatic carbocycles. The highest BCUT2D eigenvalue weighted by Crippen LogP contribution is 2.22. The molecule has 0 spiro atoms. The van der Waals surface area contributed by atoms with Gasteiger partial charge in [0.2, 0.25) is 5.91 Å². The Morgan fingerprint density at radius 3 is 2.94 bits per heavy atom. The van der Waals surface area contributed by atoms with Crippen LogP contribution >= 0.6 is 0 Å². The number of rotatable bonds is 4. The minimum absolute atomic E-state index is 0.0770.